The Hall–Kier alpha value is -2.40. The number of carbonyl (C=O) groups is 1. The number of aromatic nitrogens is 2. The largest absolute Gasteiger partial charge is 0.349 e. The summed E-state index contributed by atoms with van der Waals surface area (Å²) in [4.78, 5) is 17.5. The minimum absolute atomic E-state index is 0.0627. The zero-order valence-electron chi connectivity index (χ0n) is 13.5. The molecule has 5 heteroatoms. The number of hydrogen-bond donors (Lipinski definition) is 1. The van der Waals surface area contributed by atoms with Gasteiger partial charge in [-0.3, -0.25) is 4.79 Å². The van der Waals surface area contributed by atoms with Crippen LogP contribution in [0.2, 0.25) is 0 Å². The van der Waals surface area contributed by atoms with E-state index in [9.17, 15) is 4.79 Å². The van der Waals surface area contributed by atoms with Crippen LogP contribution in [-0.4, -0.2) is 15.5 Å². The zero-order chi connectivity index (χ0) is 16.6. The van der Waals surface area contributed by atoms with E-state index in [4.69, 9.17) is 0 Å². The van der Waals surface area contributed by atoms with Crippen molar-refractivity contribution in [1.82, 2.24) is 9.55 Å². The summed E-state index contributed by atoms with van der Waals surface area (Å²) in [6, 6.07) is 14.1. The lowest BCUT2D eigenvalue weighted by molar-refractivity contribution is -0.124. The Labute approximate surface area is 145 Å². The molecule has 2 heterocycles. The quantitative estimate of drug-likeness (QED) is 0.775. The van der Waals surface area contributed by atoms with Gasteiger partial charge in [0.1, 0.15) is 0 Å². The van der Waals surface area contributed by atoms with E-state index in [-0.39, 0.29) is 5.91 Å². The molecule has 4 nitrogen and oxygen atoms in total. The van der Waals surface area contributed by atoms with E-state index in [1.54, 1.807) is 0 Å². The Kier molecular flexibility index (Phi) is 3.73. The van der Waals surface area contributed by atoms with Crippen LogP contribution < -0.4 is 5.32 Å². The first-order chi connectivity index (χ1) is 11.7. The first-order valence-electron chi connectivity index (χ1n) is 8.13. The number of thiazole rings is 1. The molecular formula is C19H19N3OS. The average Bonchev–Trinajstić information content (AvgIpc) is 3.16. The van der Waals surface area contributed by atoms with E-state index in [1.165, 1.54) is 11.3 Å². The molecule has 1 aliphatic rings. The highest BCUT2D eigenvalue weighted by Crippen LogP contribution is 2.44. The van der Waals surface area contributed by atoms with Crippen LogP contribution in [0.4, 0.5) is 5.13 Å². The van der Waals surface area contributed by atoms with Gasteiger partial charge in [-0.15, -0.1) is 11.3 Å². The summed E-state index contributed by atoms with van der Waals surface area (Å²) in [5, 5.41) is 5.70. The van der Waals surface area contributed by atoms with E-state index in [0.717, 1.165) is 36.2 Å². The number of nitrogens with zero attached hydrogens (tertiary/aromatic N) is 2. The van der Waals surface area contributed by atoms with Crippen molar-refractivity contribution < 1.29 is 4.79 Å². The highest BCUT2D eigenvalue weighted by Gasteiger charge is 2.45. The third kappa shape index (κ3) is 2.45. The van der Waals surface area contributed by atoms with Crippen LogP contribution in [0.5, 0.6) is 0 Å². The predicted octanol–water partition coefficient (Wildman–Crippen LogP) is 4.21. The van der Waals surface area contributed by atoms with Crippen molar-refractivity contribution in [3.63, 3.8) is 0 Å². The zero-order valence-corrected chi connectivity index (χ0v) is 14.3. The maximum atomic E-state index is 12.9. The molecule has 0 aliphatic heterocycles. The summed E-state index contributed by atoms with van der Waals surface area (Å²) in [5.74, 6) is 0.0627. The summed E-state index contributed by atoms with van der Waals surface area (Å²) < 4.78 is 2.03. The van der Waals surface area contributed by atoms with Gasteiger partial charge in [-0.2, -0.15) is 0 Å². The van der Waals surface area contributed by atoms with Crippen molar-refractivity contribution in [3.8, 4) is 11.4 Å². The summed E-state index contributed by atoms with van der Waals surface area (Å²) in [5.41, 5.74) is 2.66. The van der Waals surface area contributed by atoms with Gasteiger partial charge in [0.25, 0.3) is 0 Å². The van der Waals surface area contributed by atoms with Gasteiger partial charge in [0.05, 0.1) is 16.8 Å². The molecule has 0 atom stereocenters. The van der Waals surface area contributed by atoms with E-state index in [2.05, 4.69) is 22.4 Å². The lowest BCUT2D eigenvalue weighted by Crippen LogP contribution is -2.45. The number of anilines is 1. The average molecular weight is 337 g/mol. The molecule has 1 N–H and O–H groups in total. The fourth-order valence-electron chi connectivity index (χ4n) is 3.33. The second-order valence-electron chi connectivity index (χ2n) is 6.30. The number of carbonyl (C=O) groups excluding carboxylic acids is 1. The summed E-state index contributed by atoms with van der Waals surface area (Å²) in [6.07, 6.45) is 4.89. The van der Waals surface area contributed by atoms with Gasteiger partial charge in [-0.1, -0.05) is 36.8 Å². The van der Waals surface area contributed by atoms with Gasteiger partial charge in [0.15, 0.2) is 5.13 Å². The lowest BCUT2D eigenvalue weighted by atomic mass is 9.64. The number of nitrogens with one attached hydrogen (secondary N) is 1. The molecule has 0 unspecified atom stereocenters. The summed E-state index contributed by atoms with van der Waals surface area (Å²) >= 11 is 1.47. The van der Waals surface area contributed by atoms with Crippen molar-refractivity contribution in [3.05, 3.63) is 59.6 Å². The Morgan fingerprint density at radius 1 is 1.21 bits per heavy atom. The van der Waals surface area contributed by atoms with Crippen molar-refractivity contribution in [2.24, 2.45) is 7.05 Å². The maximum Gasteiger partial charge on any atom is 0.236 e. The van der Waals surface area contributed by atoms with Crippen LogP contribution >= 0.6 is 11.3 Å². The van der Waals surface area contributed by atoms with Crippen LogP contribution in [0.3, 0.4) is 0 Å². The molecule has 4 rings (SSSR count). The van der Waals surface area contributed by atoms with Gasteiger partial charge in [-0.25, -0.2) is 4.98 Å². The third-order valence-electron chi connectivity index (χ3n) is 4.90. The molecule has 1 aromatic carbocycles. The normalized spacial score (nSPS) is 15.7. The molecule has 1 amide bonds. The molecule has 0 saturated heterocycles. The molecule has 2 aromatic heterocycles. The molecular weight excluding hydrogens is 318 g/mol. The van der Waals surface area contributed by atoms with Gasteiger partial charge in [0, 0.05) is 18.6 Å². The number of amides is 1. The molecule has 0 radical (unpaired) electrons. The molecule has 3 aromatic rings. The smallest absolute Gasteiger partial charge is 0.236 e. The van der Waals surface area contributed by atoms with Crippen LogP contribution in [0.25, 0.3) is 11.4 Å². The second kappa shape index (κ2) is 5.91. The van der Waals surface area contributed by atoms with E-state index in [0.29, 0.717) is 5.13 Å². The predicted molar refractivity (Wildman–Crippen MR) is 97.1 cm³/mol. The van der Waals surface area contributed by atoms with Crippen molar-refractivity contribution in [2.75, 3.05) is 5.32 Å². The van der Waals surface area contributed by atoms with Gasteiger partial charge in [0.2, 0.25) is 5.91 Å². The molecule has 1 aliphatic carbocycles. The van der Waals surface area contributed by atoms with Crippen LogP contribution in [0, 0.1) is 0 Å². The van der Waals surface area contributed by atoms with Crippen LogP contribution in [0.1, 0.15) is 24.8 Å². The standard InChI is InChI=1S/C19H19N3OS/c1-22-12-5-9-16(22)15-13-24-18(20-15)21-17(23)19(10-6-11-19)14-7-3-2-4-8-14/h2-5,7-9,12-13H,6,10-11H2,1H3,(H,20,21,23). The minimum Gasteiger partial charge on any atom is -0.349 e. The number of benzene rings is 1. The Morgan fingerprint density at radius 3 is 2.62 bits per heavy atom. The summed E-state index contributed by atoms with van der Waals surface area (Å²) in [6.45, 7) is 0. The Morgan fingerprint density at radius 2 is 2.00 bits per heavy atom. The van der Waals surface area contributed by atoms with Crippen LogP contribution in [0.15, 0.2) is 54.0 Å². The molecule has 24 heavy (non-hydrogen) atoms. The van der Waals surface area contributed by atoms with E-state index < -0.39 is 5.41 Å². The number of hydrogen-bond acceptors (Lipinski definition) is 3. The van der Waals surface area contributed by atoms with Crippen molar-refractivity contribution >= 4 is 22.4 Å². The molecule has 122 valence electrons. The molecule has 0 spiro atoms. The monoisotopic (exact) mass is 337 g/mol. The highest BCUT2D eigenvalue weighted by molar-refractivity contribution is 7.14. The number of rotatable bonds is 4. The Balaban J connectivity index is 1.56. The molecule has 1 saturated carbocycles. The minimum atomic E-state index is -0.391. The first-order valence-corrected chi connectivity index (χ1v) is 9.01. The van der Waals surface area contributed by atoms with E-state index in [1.807, 2.05) is 53.5 Å². The second-order valence-corrected chi connectivity index (χ2v) is 7.16. The van der Waals surface area contributed by atoms with Crippen LogP contribution in [-0.2, 0) is 17.3 Å². The van der Waals surface area contributed by atoms with Crippen molar-refractivity contribution in [2.45, 2.75) is 24.7 Å². The fourth-order valence-corrected chi connectivity index (χ4v) is 4.03. The fraction of sp³-hybridized carbons (Fsp3) is 0.263. The SMILES string of the molecule is Cn1cccc1-c1csc(NC(=O)C2(c3ccccc3)CCC2)n1. The third-order valence-corrected chi connectivity index (χ3v) is 5.66. The highest BCUT2D eigenvalue weighted by atomic mass is 32.1. The first kappa shape index (κ1) is 15.1. The molecule has 0 bridgehead atoms. The van der Waals surface area contributed by atoms with Gasteiger partial charge in [-0.05, 0) is 30.5 Å². The van der Waals surface area contributed by atoms with E-state index >= 15 is 0 Å². The van der Waals surface area contributed by atoms with Crippen molar-refractivity contribution in [1.29, 1.82) is 0 Å². The summed E-state index contributed by atoms with van der Waals surface area (Å²) in [7, 11) is 1.99. The lowest BCUT2D eigenvalue weighted by Gasteiger charge is -2.40. The Bertz CT molecular complexity index is 862. The molecule has 1 fully saturated rings. The maximum absolute atomic E-state index is 12.9. The number of aryl methyl sites for hydroxylation is 1. The van der Waals surface area contributed by atoms with Gasteiger partial charge >= 0.3 is 0 Å². The van der Waals surface area contributed by atoms with Gasteiger partial charge < -0.3 is 9.88 Å². The topological polar surface area (TPSA) is 46.9 Å².